The number of carbonyl (C=O) groups is 2. The fourth-order valence-corrected chi connectivity index (χ4v) is 2.63. The molecule has 0 aliphatic rings. The molecule has 1 atom stereocenters. The van der Waals surface area contributed by atoms with Crippen LogP contribution < -0.4 is 10.0 Å². The standard InChI is InChI=1S/C12H15BrN2O5S/c1-8(12(17)20-2)15-11(16)7-14-21(18,19)10-5-3-9(13)4-6-10/h3-6,8,14H,7H2,1-2H3,(H,15,16)/t8-/m0/s1. The van der Waals surface area contributed by atoms with Gasteiger partial charge >= 0.3 is 5.97 Å². The lowest BCUT2D eigenvalue weighted by molar-refractivity contribution is -0.144. The van der Waals surface area contributed by atoms with E-state index in [1.54, 1.807) is 12.1 Å². The van der Waals surface area contributed by atoms with Crippen LogP contribution in [0.1, 0.15) is 6.92 Å². The minimum absolute atomic E-state index is 0.0412. The summed E-state index contributed by atoms with van der Waals surface area (Å²) in [5.41, 5.74) is 0. The van der Waals surface area contributed by atoms with Crippen molar-refractivity contribution in [1.29, 1.82) is 0 Å². The van der Waals surface area contributed by atoms with Gasteiger partial charge in [-0.25, -0.2) is 17.9 Å². The van der Waals surface area contributed by atoms with Crippen molar-refractivity contribution in [2.45, 2.75) is 17.9 Å². The Labute approximate surface area is 131 Å². The van der Waals surface area contributed by atoms with Crippen molar-refractivity contribution in [3.8, 4) is 0 Å². The number of esters is 1. The number of methoxy groups -OCH3 is 1. The van der Waals surface area contributed by atoms with E-state index >= 15 is 0 Å². The third-order valence-electron chi connectivity index (χ3n) is 2.48. The molecule has 0 unspecified atom stereocenters. The summed E-state index contributed by atoms with van der Waals surface area (Å²) in [6, 6.07) is 5.12. The maximum Gasteiger partial charge on any atom is 0.328 e. The fraction of sp³-hybridized carbons (Fsp3) is 0.333. The van der Waals surface area contributed by atoms with E-state index in [0.29, 0.717) is 0 Å². The van der Waals surface area contributed by atoms with E-state index < -0.39 is 34.5 Å². The zero-order chi connectivity index (χ0) is 16.0. The minimum atomic E-state index is -3.78. The number of benzene rings is 1. The van der Waals surface area contributed by atoms with Crippen molar-refractivity contribution in [3.05, 3.63) is 28.7 Å². The van der Waals surface area contributed by atoms with Crippen molar-refractivity contribution < 1.29 is 22.7 Å². The van der Waals surface area contributed by atoms with Crippen molar-refractivity contribution in [2.75, 3.05) is 13.7 Å². The molecule has 116 valence electrons. The molecule has 1 aromatic carbocycles. The number of hydrogen-bond acceptors (Lipinski definition) is 5. The molecular formula is C12H15BrN2O5S. The van der Waals surface area contributed by atoms with Crippen LogP contribution in [-0.2, 0) is 24.3 Å². The summed E-state index contributed by atoms with van der Waals surface area (Å²) in [7, 11) is -2.59. The molecule has 7 nitrogen and oxygen atoms in total. The van der Waals surface area contributed by atoms with E-state index in [-0.39, 0.29) is 4.90 Å². The number of sulfonamides is 1. The second-order valence-electron chi connectivity index (χ2n) is 4.09. The van der Waals surface area contributed by atoms with Crippen molar-refractivity contribution in [2.24, 2.45) is 0 Å². The van der Waals surface area contributed by atoms with Crippen molar-refractivity contribution >= 4 is 37.8 Å². The van der Waals surface area contributed by atoms with Crippen molar-refractivity contribution in [3.63, 3.8) is 0 Å². The van der Waals surface area contributed by atoms with Gasteiger partial charge in [0.1, 0.15) is 6.04 Å². The van der Waals surface area contributed by atoms with Gasteiger partial charge in [-0.15, -0.1) is 0 Å². The van der Waals surface area contributed by atoms with Crippen LogP contribution in [0.3, 0.4) is 0 Å². The summed E-state index contributed by atoms with van der Waals surface area (Å²) in [4.78, 5) is 22.7. The first-order valence-electron chi connectivity index (χ1n) is 5.88. The Morgan fingerprint density at radius 3 is 2.38 bits per heavy atom. The van der Waals surface area contributed by atoms with Gasteiger partial charge in [0.15, 0.2) is 0 Å². The zero-order valence-corrected chi connectivity index (χ0v) is 13.8. The maximum atomic E-state index is 11.9. The molecule has 1 rings (SSSR count). The average molecular weight is 379 g/mol. The van der Waals surface area contributed by atoms with Gasteiger partial charge in [0.05, 0.1) is 18.6 Å². The van der Waals surface area contributed by atoms with Crippen LogP contribution in [0.15, 0.2) is 33.6 Å². The first-order valence-corrected chi connectivity index (χ1v) is 8.16. The zero-order valence-electron chi connectivity index (χ0n) is 11.4. The maximum absolute atomic E-state index is 11.9. The number of ether oxygens (including phenoxy) is 1. The molecule has 0 fully saturated rings. The molecule has 1 amide bonds. The monoisotopic (exact) mass is 378 g/mol. The number of amides is 1. The van der Waals surface area contributed by atoms with Gasteiger partial charge in [-0.2, -0.15) is 0 Å². The normalized spacial score (nSPS) is 12.5. The van der Waals surface area contributed by atoms with Gasteiger partial charge in [-0.1, -0.05) is 15.9 Å². The highest BCUT2D eigenvalue weighted by Gasteiger charge is 2.18. The van der Waals surface area contributed by atoms with E-state index in [1.165, 1.54) is 26.2 Å². The molecule has 0 spiro atoms. The Morgan fingerprint density at radius 2 is 1.86 bits per heavy atom. The molecule has 0 aromatic heterocycles. The summed E-state index contributed by atoms with van der Waals surface area (Å²) in [6.45, 7) is 0.965. The lowest BCUT2D eigenvalue weighted by Gasteiger charge is -2.12. The van der Waals surface area contributed by atoms with Gasteiger partial charge in [-0.05, 0) is 31.2 Å². The highest BCUT2D eigenvalue weighted by atomic mass is 79.9. The third kappa shape index (κ3) is 5.44. The first-order chi connectivity index (χ1) is 9.76. The van der Waals surface area contributed by atoms with Crippen molar-refractivity contribution in [1.82, 2.24) is 10.0 Å². The molecule has 0 aliphatic heterocycles. The summed E-state index contributed by atoms with van der Waals surface area (Å²) in [6.07, 6.45) is 0. The number of rotatable bonds is 6. The van der Waals surface area contributed by atoms with Gasteiger partial charge in [0.2, 0.25) is 15.9 Å². The summed E-state index contributed by atoms with van der Waals surface area (Å²) < 4.78 is 31.2. The molecule has 9 heteroatoms. The Kier molecular flexibility index (Phi) is 6.31. The largest absolute Gasteiger partial charge is 0.467 e. The summed E-state index contributed by atoms with van der Waals surface area (Å²) in [5, 5.41) is 2.32. The molecule has 21 heavy (non-hydrogen) atoms. The average Bonchev–Trinajstić information content (AvgIpc) is 2.44. The highest BCUT2D eigenvalue weighted by molar-refractivity contribution is 9.10. The number of carbonyl (C=O) groups excluding carboxylic acids is 2. The van der Waals surface area contributed by atoms with E-state index in [0.717, 1.165) is 4.47 Å². The SMILES string of the molecule is COC(=O)[C@H](C)NC(=O)CNS(=O)(=O)c1ccc(Br)cc1. The molecule has 0 saturated carbocycles. The number of nitrogens with one attached hydrogen (secondary N) is 2. The predicted molar refractivity (Wildman–Crippen MR) is 79.0 cm³/mol. The predicted octanol–water partition coefficient (Wildman–Crippen LogP) is 0.405. The second kappa shape index (κ2) is 7.53. The smallest absolute Gasteiger partial charge is 0.328 e. The summed E-state index contributed by atoms with van der Waals surface area (Å²) >= 11 is 3.20. The Bertz CT molecular complexity index is 615. The molecule has 2 N–H and O–H groups in total. The first kappa shape index (κ1) is 17.6. The highest BCUT2D eigenvalue weighted by Crippen LogP contribution is 2.14. The van der Waals surface area contributed by atoms with Crippen LogP contribution in [0.2, 0.25) is 0 Å². The Morgan fingerprint density at radius 1 is 1.29 bits per heavy atom. The molecule has 0 bridgehead atoms. The van der Waals surface area contributed by atoms with Crippen LogP contribution >= 0.6 is 15.9 Å². The minimum Gasteiger partial charge on any atom is -0.467 e. The Balaban J connectivity index is 2.59. The van der Waals surface area contributed by atoms with Crippen LogP contribution in [0.4, 0.5) is 0 Å². The van der Waals surface area contributed by atoms with Gasteiger partial charge in [0, 0.05) is 4.47 Å². The van der Waals surface area contributed by atoms with E-state index in [2.05, 4.69) is 30.7 Å². The van der Waals surface area contributed by atoms with Crippen LogP contribution in [-0.4, -0.2) is 40.0 Å². The fourth-order valence-electron chi connectivity index (χ4n) is 1.39. The summed E-state index contributed by atoms with van der Waals surface area (Å²) in [5.74, 6) is -1.24. The van der Waals surface area contributed by atoms with Crippen LogP contribution in [0.25, 0.3) is 0 Å². The molecular weight excluding hydrogens is 364 g/mol. The van der Waals surface area contributed by atoms with Crippen LogP contribution in [0, 0.1) is 0 Å². The van der Waals surface area contributed by atoms with Gasteiger partial charge in [0.25, 0.3) is 0 Å². The second-order valence-corrected chi connectivity index (χ2v) is 6.77. The Hall–Kier alpha value is -1.45. The molecule has 0 radical (unpaired) electrons. The number of halogens is 1. The lowest BCUT2D eigenvalue weighted by Crippen LogP contribution is -2.44. The van der Waals surface area contributed by atoms with E-state index in [9.17, 15) is 18.0 Å². The van der Waals surface area contributed by atoms with E-state index in [4.69, 9.17) is 0 Å². The topological polar surface area (TPSA) is 102 Å². The van der Waals surface area contributed by atoms with Gasteiger partial charge in [-0.3, -0.25) is 4.79 Å². The van der Waals surface area contributed by atoms with Crippen LogP contribution in [0.5, 0.6) is 0 Å². The molecule has 1 aromatic rings. The molecule has 0 heterocycles. The number of hydrogen-bond donors (Lipinski definition) is 2. The van der Waals surface area contributed by atoms with Gasteiger partial charge < -0.3 is 10.1 Å². The third-order valence-corrected chi connectivity index (χ3v) is 4.42. The molecule has 0 aliphatic carbocycles. The van der Waals surface area contributed by atoms with E-state index in [1.807, 2.05) is 0 Å². The quantitative estimate of drug-likeness (QED) is 0.697. The molecule has 0 saturated heterocycles. The lowest BCUT2D eigenvalue weighted by atomic mass is 10.3.